The molecule has 3 aromatic heterocycles. The average molecular weight is 344 g/mol. The molecule has 2 unspecified atom stereocenters. The fourth-order valence-electron chi connectivity index (χ4n) is 2.18. The number of hydrogen-bond donors (Lipinski definition) is 2. The van der Waals surface area contributed by atoms with Crippen LogP contribution in [0.15, 0.2) is 46.7 Å². The molecular formula is C16H16N4O3S. The van der Waals surface area contributed by atoms with E-state index in [1.54, 1.807) is 36.0 Å². The van der Waals surface area contributed by atoms with E-state index in [0.717, 1.165) is 0 Å². The number of hydrogen-bond acceptors (Lipinski definition) is 7. The highest BCUT2D eigenvalue weighted by molar-refractivity contribution is 7.13. The zero-order chi connectivity index (χ0) is 16.9. The molecule has 3 heterocycles. The molecular weight excluding hydrogens is 328 g/mol. The first-order chi connectivity index (χ1) is 11.6. The highest BCUT2D eigenvalue weighted by atomic mass is 32.1. The standard InChI is InChI=1S/C16H16N4O3S/c1-10(8-12(21)13-4-2-7-23-13)19-15(22)11-9-24-16(20-11)14-17-5-3-6-18-14/h2-7,9-10,12,21H,8H2,1H3,(H,19,22). The van der Waals surface area contributed by atoms with Gasteiger partial charge < -0.3 is 14.8 Å². The van der Waals surface area contributed by atoms with Crippen molar-refractivity contribution in [3.05, 3.63) is 53.7 Å². The Morgan fingerprint density at radius 2 is 2.17 bits per heavy atom. The third-order valence-electron chi connectivity index (χ3n) is 3.32. The van der Waals surface area contributed by atoms with Crippen LogP contribution in [-0.4, -0.2) is 32.0 Å². The summed E-state index contributed by atoms with van der Waals surface area (Å²) >= 11 is 1.31. The summed E-state index contributed by atoms with van der Waals surface area (Å²) in [4.78, 5) is 24.7. The molecule has 3 aromatic rings. The van der Waals surface area contributed by atoms with E-state index in [9.17, 15) is 9.90 Å². The zero-order valence-electron chi connectivity index (χ0n) is 12.9. The van der Waals surface area contributed by atoms with Gasteiger partial charge in [0.1, 0.15) is 17.6 Å². The Labute approximate surface area is 142 Å². The molecule has 124 valence electrons. The van der Waals surface area contributed by atoms with Crippen molar-refractivity contribution in [2.45, 2.75) is 25.5 Å². The first-order valence-corrected chi connectivity index (χ1v) is 8.26. The Hall–Kier alpha value is -2.58. The molecule has 0 saturated heterocycles. The van der Waals surface area contributed by atoms with E-state index < -0.39 is 6.10 Å². The number of furan rings is 1. The van der Waals surface area contributed by atoms with Crippen LogP contribution < -0.4 is 5.32 Å². The summed E-state index contributed by atoms with van der Waals surface area (Å²) in [5, 5.41) is 15.1. The van der Waals surface area contributed by atoms with Gasteiger partial charge in [-0.3, -0.25) is 4.79 Å². The van der Waals surface area contributed by atoms with E-state index in [0.29, 0.717) is 28.7 Å². The van der Waals surface area contributed by atoms with Gasteiger partial charge in [-0.2, -0.15) is 0 Å². The molecule has 2 atom stereocenters. The van der Waals surface area contributed by atoms with Crippen LogP contribution in [0.3, 0.4) is 0 Å². The fourth-order valence-corrected chi connectivity index (χ4v) is 2.92. The fraction of sp³-hybridized carbons (Fsp3) is 0.250. The first kappa shape index (κ1) is 16.3. The van der Waals surface area contributed by atoms with Crippen LogP contribution >= 0.6 is 11.3 Å². The minimum atomic E-state index is -0.765. The van der Waals surface area contributed by atoms with Crippen LogP contribution in [0.5, 0.6) is 0 Å². The molecule has 7 nitrogen and oxygen atoms in total. The van der Waals surface area contributed by atoms with Gasteiger partial charge in [0, 0.05) is 30.2 Å². The predicted octanol–water partition coefficient (Wildman–Crippen LogP) is 2.44. The predicted molar refractivity (Wildman–Crippen MR) is 88.4 cm³/mol. The maximum atomic E-state index is 12.3. The molecule has 2 N–H and O–H groups in total. The summed E-state index contributed by atoms with van der Waals surface area (Å²) in [5.74, 6) is 0.670. The summed E-state index contributed by atoms with van der Waals surface area (Å²) in [6, 6.07) is 4.89. The Balaban J connectivity index is 1.60. The molecule has 0 aliphatic heterocycles. The van der Waals surface area contributed by atoms with Gasteiger partial charge in [0.25, 0.3) is 5.91 Å². The average Bonchev–Trinajstić information content (AvgIpc) is 3.27. The van der Waals surface area contributed by atoms with Crippen LogP contribution in [0.1, 0.15) is 35.7 Å². The lowest BCUT2D eigenvalue weighted by atomic mass is 10.1. The van der Waals surface area contributed by atoms with Crippen molar-refractivity contribution in [1.29, 1.82) is 0 Å². The monoisotopic (exact) mass is 344 g/mol. The van der Waals surface area contributed by atoms with E-state index in [1.165, 1.54) is 17.6 Å². The molecule has 0 spiro atoms. The molecule has 1 amide bonds. The van der Waals surface area contributed by atoms with E-state index >= 15 is 0 Å². The molecule has 0 aliphatic rings. The normalized spacial score (nSPS) is 13.4. The van der Waals surface area contributed by atoms with Gasteiger partial charge in [-0.05, 0) is 25.1 Å². The van der Waals surface area contributed by atoms with E-state index in [2.05, 4.69) is 20.3 Å². The molecule has 3 rings (SSSR count). The second-order valence-electron chi connectivity index (χ2n) is 5.25. The van der Waals surface area contributed by atoms with Crippen molar-refractivity contribution in [2.75, 3.05) is 0 Å². The Morgan fingerprint density at radius 3 is 2.88 bits per heavy atom. The van der Waals surface area contributed by atoms with Gasteiger partial charge >= 0.3 is 0 Å². The van der Waals surface area contributed by atoms with Crippen LogP contribution in [-0.2, 0) is 0 Å². The maximum absolute atomic E-state index is 12.3. The van der Waals surface area contributed by atoms with Crippen molar-refractivity contribution in [3.63, 3.8) is 0 Å². The highest BCUT2D eigenvalue weighted by Gasteiger charge is 2.19. The van der Waals surface area contributed by atoms with E-state index in [1.807, 2.05) is 6.92 Å². The van der Waals surface area contributed by atoms with Gasteiger partial charge in [0.15, 0.2) is 10.8 Å². The Bertz CT molecular complexity index is 789. The van der Waals surface area contributed by atoms with Crippen molar-refractivity contribution in [1.82, 2.24) is 20.3 Å². The van der Waals surface area contributed by atoms with Crippen molar-refractivity contribution < 1.29 is 14.3 Å². The van der Waals surface area contributed by atoms with Gasteiger partial charge in [-0.1, -0.05) is 0 Å². The minimum absolute atomic E-state index is 0.240. The highest BCUT2D eigenvalue weighted by Crippen LogP contribution is 2.21. The number of rotatable bonds is 6. The summed E-state index contributed by atoms with van der Waals surface area (Å²) in [5.41, 5.74) is 0.307. The summed E-state index contributed by atoms with van der Waals surface area (Å²) in [6.45, 7) is 1.82. The minimum Gasteiger partial charge on any atom is -0.467 e. The molecule has 0 bridgehead atoms. The molecule has 0 saturated carbocycles. The van der Waals surface area contributed by atoms with Gasteiger partial charge in [-0.25, -0.2) is 15.0 Å². The smallest absolute Gasteiger partial charge is 0.270 e. The number of aliphatic hydroxyl groups excluding tert-OH is 1. The first-order valence-electron chi connectivity index (χ1n) is 7.38. The number of aliphatic hydroxyl groups is 1. The Kier molecular flexibility index (Phi) is 4.97. The Morgan fingerprint density at radius 1 is 1.38 bits per heavy atom. The molecule has 8 heteroatoms. The summed E-state index contributed by atoms with van der Waals surface area (Å²) < 4.78 is 5.15. The number of amides is 1. The van der Waals surface area contributed by atoms with Crippen molar-refractivity contribution >= 4 is 17.2 Å². The molecule has 0 radical (unpaired) electrons. The second-order valence-corrected chi connectivity index (χ2v) is 6.11. The van der Waals surface area contributed by atoms with E-state index in [4.69, 9.17) is 4.42 Å². The second kappa shape index (κ2) is 7.33. The number of carbonyl (C=O) groups excluding carboxylic acids is 1. The maximum Gasteiger partial charge on any atom is 0.270 e. The number of nitrogens with zero attached hydrogens (tertiary/aromatic N) is 3. The van der Waals surface area contributed by atoms with Gasteiger partial charge in [0.05, 0.1) is 6.26 Å². The van der Waals surface area contributed by atoms with Gasteiger partial charge in [0.2, 0.25) is 0 Å². The summed E-state index contributed by atoms with van der Waals surface area (Å²) in [6.07, 6.45) is 4.34. The molecule has 0 fully saturated rings. The van der Waals surface area contributed by atoms with Crippen molar-refractivity contribution in [3.8, 4) is 10.8 Å². The largest absolute Gasteiger partial charge is 0.467 e. The third-order valence-corrected chi connectivity index (χ3v) is 4.16. The van der Waals surface area contributed by atoms with Gasteiger partial charge in [-0.15, -0.1) is 11.3 Å². The molecule has 0 aliphatic carbocycles. The van der Waals surface area contributed by atoms with Crippen LogP contribution in [0, 0.1) is 0 Å². The van der Waals surface area contributed by atoms with Crippen molar-refractivity contribution in [2.24, 2.45) is 0 Å². The number of nitrogens with one attached hydrogen (secondary N) is 1. The topological polar surface area (TPSA) is 101 Å². The lowest BCUT2D eigenvalue weighted by Gasteiger charge is -2.16. The van der Waals surface area contributed by atoms with Crippen LogP contribution in [0.4, 0.5) is 0 Å². The van der Waals surface area contributed by atoms with E-state index in [-0.39, 0.29) is 11.9 Å². The number of aromatic nitrogens is 3. The lowest BCUT2D eigenvalue weighted by Crippen LogP contribution is -2.33. The lowest BCUT2D eigenvalue weighted by molar-refractivity contribution is 0.0899. The van der Waals surface area contributed by atoms with Crippen LogP contribution in [0.25, 0.3) is 10.8 Å². The summed E-state index contributed by atoms with van der Waals surface area (Å²) in [7, 11) is 0. The zero-order valence-corrected chi connectivity index (χ0v) is 13.7. The molecule has 24 heavy (non-hydrogen) atoms. The van der Waals surface area contributed by atoms with Crippen LogP contribution in [0.2, 0.25) is 0 Å². The third kappa shape index (κ3) is 3.84. The molecule has 0 aromatic carbocycles. The quantitative estimate of drug-likeness (QED) is 0.712. The SMILES string of the molecule is CC(CC(O)c1ccco1)NC(=O)c1csc(-c2ncccn2)n1. The number of thiazole rings is 1. The number of carbonyl (C=O) groups is 1.